The summed E-state index contributed by atoms with van der Waals surface area (Å²) in [5, 5.41) is 0. The van der Waals surface area contributed by atoms with Crippen LogP contribution in [0.15, 0.2) is 18.2 Å². The molecule has 0 aliphatic carbocycles. The van der Waals surface area contributed by atoms with Crippen molar-refractivity contribution in [3.05, 3.63) is 23.0 Å². The van der Waals surface area contributed by atoms with E-state index in [4.69, 9.17) is 17.0 Å². The molecule has 104 valence electrons. The molecule has 2 aromatic rings. The van der Waals surface area contributed by atoms with Crippen LogP contribution in [0.3, 0.4) is 0 Å². The van der Waals surface area contributed by atoms with Crippen molar-refractivity contribution in [3.8, 4) is 5.75 Å². The summed E-state index contributed by atoms with van der Waals surface area (Å²) in [6, 6.07) is 6.05. The van der Waals surface area contributed by atoms with Gasteiger partial charge in [0.15, 0.2) is 4.77 Å². The van der Waals surface area contributed by atoms with Crippen LogP contribution in [0.2, 0.25) is 0 Å². The van der Waals surface area contributed by atoms with Crippen LogP contribution in [0, 0.1) is 10.7 Å². The number of fused-ring (bicyclic) bond motifs is 1. The van der Waals surface area contributed by atoms with E-state index in [0.29, 0.717) is 0 Å². The van der Waals surface area contributed by atoms with Crippen molar-refractivity contribution in [1.82, 2.24) is 9.55 Å². The second-order valence-electron chi connectivity index (χ2n) is 5.33. The fourth-order valence-corrected chi connectivity index (χ4v) is 2.66. The molecule has 0 saturated heterocycles. The number of aryl methyl sites for hydroxylation is 1. The average molecular weight is 278 g/mol. The zero-order chi connectivity index (χ0) is 13.8. The molecule has 0 atom stereocenters. The van der Waals surface area contributed by atoms with E-state index < -0.39 is 0 Å². The molecule has 0 fully saturated rings. The Bertz CT molecular complexity index is 598. The largest absolute Gasteiger partial charge is 0.494 e. The molecular formula is C15H22N2OS. The fraction of sp³-hybridized carbons (Fsp3) is 0.533. The number of methoxy groups -OCH3 is 1. The van der Waals surface area contributed by atoms with Gasteiger partial charge in [0, 0.05) is 6.54 Å². The lowest BCUT2D eigenvalue weighted by atomic mass is 10.1. The van der Waals surface area contributed by atoms with Crippen LogP contribution in [0.4, 0.5) is 0 Å². The summed E-state index contributed by atoms with van der Waals surface area (Å²) in [5.74, 6) is 1.63. The molecular weight excluding hydrogens is 256 g/mol. The van der Waals surface area contributed by atoms with Gasteiger partial charge < -0.3 is 14.3 Å². The number of nitrogens with zero attached hydrogens (tertiary/aromatic N) is 1. The van der Waals surface area contributed by atoms with Crippen LogP contribution in [0.5, 0.6) is 5.75 Å². The molecule has 0 unspecified atom stereocenters. The minimum atomic E-state index is 0.774. The van der Waals surface area contributed by atoms with Crippen molar-refractivity contribution in [2.24, 2.45) is 5.92 Å². The van der Waals surface area contributed by atoms with Gasteiger partial charge in [-0.1, -0.05) is 32.8 Å². The lowest BCUT2D eigenvalue weighted by molar-refractivity contribution is 0.419. The number of aromatic amines is 1. The number of unbranched alkanes of at least 4 members (excludes halogenated alkanes) is 1. The highest BCUT2D eigenvalue weighted by Gasteiger charge is 2.08. The monoisotopic (exact) mass is 278 g/mol. The van der Waals surface area contributed by atoms with Gasteiger partial charge >= 0.3 is 0 Å². The van der Waals surface area contributed by atoms with E-state index in [9.17, 15) is 0 Å². The first kappa shape index (κ1) is 14.1. The molecule has 0 aliphatic heterocycles. The second kappa shape index (κ2) is 6.24. The van der Waals surface area contributed by atoms with Crippen molar-refractivity contribution in [2.75, 3.05) is 7.11 Å². The molecule has 1 heterocycles. The first-order valence-corrected chi connectivity index (χ1v) is 7.30. The standard InChI is InChI=1S/C15H22N2OS/c1-11(2)7-4-5-10-17-12-8-6-9-13(18-3)14(12)16-15(17)19/h6,8-9,11H,4-5,7,10H2,1-3H3,(H,16,19). The summed E-state index contributed by atoms with van der Waals surface area (Å²) in [5.41, 5.74) is 2.13. The van der Waals surface area contributed by atoms with Gasteiger partial charge in [-0.05, 0) is 36.7 Å². The summed E-state index contributed by atoms with van der Waals surface area (Å²) in [7, 11) is 1.69. The number of H-pyrrole nitrogens is 1. The van der Waals surface area contributed by atoms with Crippen LogP contribution in [-0.4, -0.2) is 16.7 Å². The normalized spacial score (nSPS) is 11.4. The number of aromatic nitrogens is 2. The quantitative estimate of drug-likeness (QED) is 0.621. The Morgan fingerprint density at radius 1 is 1.32 bits per heavy atom. The highest BCUT2D eigenvalue weighted by molar-refractivity contribution is 7.71. The predicted molar refractivity (Wildman–Crippen MR) is 82.4 cm³/mol. The Labute approximate surface area is 119 Å². The second-order valence-corrected chi connectivity index (χ2v) is 5.71. The number of hydrogen-bond acceptors (Lipinski definition) is 2. The first-order valence-electron chi connectivity index (χ1n) is 6.89. The number of nitrogens with one attached hydrogen (secondary N) is 1. The van der Waals surface area contributed by atoms with Gasteiger partial charge in [0.25, 0.3) is 0 Å². The lowest BCUT2D eigenvalue weighted by Gasteiger charge is -2.07. The maximum atomic E-state index is 5.41. The molecule has 4 heteroatoms. The third-order valence-electron chi connectivity index (χ3n) is 3.41. The molecule has 3 nitrogen and oxygen atoms in total. The van der Waals surface area contributed by atoms with Crippen molar-refractivity contribution in [2.45, 2.75) is 39.7 Å². The van der Waals surface area contributed by atoms with Crippen LogP contribution < -0.4 is 4.74 Å². The molecule has 1 aromatic heterocycles. The Kier molecular flexibility index (Phi) is 4.64. The molecule has 0 aliphatic rings. The molecule has 0 bridgehead atoms. The van der Waals surface area contributed by atoms with Crippen molar-refractivity contribution in [1.29, 1.82) is 0 Å². The van der Waals surface area contributed by atoms with Crippen molar-refractivity contribution >= 4 is 23.3 Å². The average Bonchev–Trinajstić information content (AvgIpc) is 2.70. The van der Waals surface area contributed by atoms with E-state index >= 15 is 0 Å². The summed E-state index contributed by atoms with van der Waals surface area (Å²) < 4.78 is 8.32. The fourth-order valence-electron chi connectivity index (χ4n) is 2.37. The van der Waals surface area contributed by atoms with Crippen LogP contribution >= 0.6 is 12.2 Å². The number of para-hydroxylation sites is 1. The van der Waals surface area contributed by atoms with Crippen LogP contribution in [0.1, 0.15) is 33.1 Å². The Morgan fingerprint density at radius 2 is 2.11 bits per heavy atom. The zero-order valence-corrected chi connectivity index (χ0v) is 12.7. The SMILES string of the molecule is COc1cccc2c1[nH]c(=S)n2CCCCC(C)C. The minimum absolute atomic E-state index is 0.774. The van der Waals surface area contributed by atoms with Gasteiger partial charge in [-0.3, -0.25) is 0 Å². The maximum Gasteiger partial charge on any atom is 0.178 e. The van der Waals surface area contributed by atoms with E-state index in [1.54, 1.807) is 7.11 Å². The Balaban J connectivity index is 2.19. The number of hydrogen-bond donors (Lipinski definition) is 1. The first-order chi connectivity index (χ1) is 9.13. The molecule has 2 rings (SSSR count). The van der Waals surface area contributed by atoms with Gasteiger partial charge in [0.1, 0.15) is 11.3 Å². The van der Waals surface area contributed by atoms with Gasteiger partial charge in [-0.15, -0.1) is 0 Å². The van der Waals surface area contributed by atoms with Gasteiger partial charge in [0.05, 0.1) is 12.6 Å². The highest BCUT2D eigenvalue weighted by Crippen LogP contribution is 2.24. The van der Waals surface area contributed by atoms with Crippen molar-refractivity contribution in [3.63, 3.8) is 0 Å². The van der Waals surface area contributed by atoms with Gasteiger partial charge in [-0.2, -0.15) is 0 Å². The molecule has 0 amide bonds. The number of imidazole rings is 1. The molecule has 0 saturated carbocycles. The van der Waals surface area contributed by atoms with Crippen LogP contribution in [-0.2, 0) is 6.54 Å². The molecule has 19 heavy (non-hydrogen) atoms. The number of benzene rings is 1. The third-order valence-corrected chi connectivity index (χ3v) is 3.73. The predicted octanol–water partition coefficient (Wildman–Crippen LogP) is 4.53. The molecule has 0 spiro atoms. The van der Waals surface area contributed by atoms with E-state index in [-0.39, 0.29) is 0 Å². The maximum absolute atomic E-state index is 5.41. The van der Waals surface area contributed by atoms with Crippen molar-refractivity contribution < 1.29 is 4.74 Å². The lowest BCUT2D eigenvalue weighted by Crippen LogP contribution is -1.99. The Morgan fingerprint density at radius 3 is 2.79 bits per heavy atom. The number of ether oxygens (including phenoxy) is 1. The minimum Gasteiger partial charge on any atom is -0.494 e. The van der Waals surface area contributed by atoms with Crippen LogP contribution in [0.25, 0.3) is 11.0 Å². The topological polar surface area (TPSA) is 29.9 Å². The van der Waals surface area contributed by atoms with Gasteiger partial charge in [0.2, 0.25) is 0 Å². The number of rotatable bonds is 6. The molecule has 1 N–H and O–H groups in total. The summed E-state index contributed by atoms with van der Waals surface area (Å²) in [6.07, 6.45) is 3.69. The summed E-state index contributed by atoms with van der Waals surface area (Å²) in [4.78, 5) is 3.25. The van der Waals surface area contributed by atoms with E-state index in [2.05, 4.69) is 29.5 Å². The van der Waals surface area contributed by atoms with E-state index in [1.807, 2.05) is 12.1 Å². The Hall–Kier alpha value is -1.29. The van der Waals surface area contributed by atoms with Gasteiger partial charge in [-0.25, -0.2) is 0 Å². The summed E-state index contributed by atoms with van der Waals surface area (Å²) >= 11 is 5.41. The summed E-state index contributed by atoms with van der Waals surface area (Å²) in [6.45, 7) is 5.50. The molecule has 1 aromatic carbocycles. The highest BCUT2D eigenvalue weighted by atomic mass is 32.1. The van der Waals surface area contributed by atoms with E-state index in [0.717, 1.165) is 40.4 Å². The zero-order valence-electron chi connectivity index (χ0n) is 11.9. The van der Waals surface area contributed by atoms with E-state index in [1.165, 1.54) is 12.8 Å². The molecule has 0 radical (unpaired) electrons. The third kappa shape index (κ3) is 3.18. The smallest absolute Gasteiger partial charge is 0.178 e.